The first kappa shape index (κ1) is 25.4. The summed E-state index contributed by atoms with van der Waals surface area (Å²) in [5, 5.41) is 12.7. The number of carbonyl (C=O) groups excluding carboxylic acids is 2. The zero-order chi connectivity index (χ0) is 25.2. The third-order valence-electron chi connectivity index (χ3n) is 6.17. The molecule has 1 aromatic heterocycles. The maximum atomic E-state index is 13.8. The van der Waals surface area contributed by atoms with E-state index < -0.39 is 69.5 Å². The molecule has 2 aromatic rings. The number of aromatic hydroxyl groups is 1. The molecule has 0 fully saturated rings. The fourth-order valence-corrected chi connectivity index (χ4v) is 4.19. The fraction of sp³-hybridized carbons (Fsp3) is 0.435. The second kappa shape index (κ2) is 9.98. The highest BCUT2D eigenvalue weighted by atomic mass is 19.1. The van der Waals surface area contributed by atoms with Crippen LogP contribution < -0.4 is 10.7 Å². The number of pyridine rings is 1. The smallest absolute Gasteiger partial charge is 0.257 e. The Balaban J connectivity index is 1.92. The number of hydrogen-bond donors (Lipinski definition) is 2. The summed E-state index contributed by atoms with van der Waals surface area (Å²) >= 11 is 0. The van der Waals surface area contributed by atoms with Gasteiger partial charge in [-0.15, -0.1) is 0 Å². The lowest BCUT2D eigenvalue weighted by Gasteiger charge is -2.41. The van der Waals surface area contributed by atoms with Crippen molar-refractivity contribution in [2.45, 2.75) is 39.0 Å². The molecule has 184 valence electrons. The summed E-state index contributed by atoms with van der Waals surface area (Å²) < 4.78 is 52.6. The van der Waals surface area contributed by atoms with Crippen LogP contribution >= 0.6 is 0 Å². The van der Waals surface area contributed by atoms with E-state index in [1.165, 1.54) is 18.8 Å². The predicted octanol–water partition coefficient (Wildman–Crippen LogP) is 2.55. The molecule has 1 aromatic carbocycles. The van der Waals surface area contributed by atoms with Crippen molar-refractivity contribution in [3.05, 3.63) is 62.8 Å². The van der Waals surface area contributed by atoms with E-state index >= 15 is 0 Å². The SMILES string of the molecule is COCCC[C@]1(C)C(=O)c2c(O)c(=O)c(C(=O)NCc3c(F)cc(F)cc3F)cn2C[C@@H]1OC. The summed E-state index contributed by atoms with van der Waals surface area (Å²) in [4.78, 5) is 38.6. The number of hydrogen-bond acceptors (Lipinski definition) is 6. The molecule has 11 heteroatoms. The van der Waals surface area contributed by atoms with E-state index in [2.05, 4.69) is 5.32 Å². The lowest BCUT2D eigenvalue weighted by atomic mass is 9.72. The number of halogens is 3. The molecule has 0 spiro atoms. The fourth-order valence-electron chi connectivity index (χ4n) is 4.19. The van der Waals surface area contributed by atoms with Gasteiger partial charge in [-0.2, -0.15) is 0 Å². The van der Waals surface area contributed by atoms with Crippen molar-refractivity contribution in [1.29, 1.82) is 0 Å². The van der Waals surface area contributed by atoms with Gasteiger partial charge in [-0.25, -0.2) is 13.2 Å². The summed E-state index contributed by atoms with van der Waals surface area (Å²) in [6.07, 6.45) is 1.40. The van der Waals surface area contributed by atoms with Crippen molar-refractivity contribution < 1.29 is 37.3 Å². The standard InChI is InChI=1S/C23H25F3N2O6/c1-23(5-4-6-33-2)17(34-3)11-28-10-14(19(29)20(30)18(28)21(23)31)22(32)27-9-13-15(25)7-12(24)8-16(13)26/h7-8,10,17,30H,4-6,9,11H2,1-3H3,(H,27,32)/t17-,23-/m0/s1. The summed E-state index contributed by atoms with van der Waals surface area (Å²) in [7, 11) is 2.96. The molecular weight excluding hydrogens is 457 g/mol. The zero-order valence-electron chi connectivity index (χ0n) is 18.9. The average molecular weight is 482 g/mol. The zero-order valence-corrected chi connectivity index (χ0v) is 18.9. The molecule has 0 unspecified atom stereocenters. The summed E-state index contributed by atoms with van der Waals surface area (Å²) in [6, 6.07) is 0.925. The van der Waals surface area contributed by atoms with Crippen molar-refractivity contribution in [1.82, 2.24) is 9.88 Å². The lowest BCUT2D eigenvalue weighted by Crippen LogP contribution is -2.50. The number of nitrogens with one attached hydrogen (secondary N) is 1. The lowest BCUT2D eigenvalue weighted by molar-refractivity contribution is -0.0209. The van der Waals surface area contributed by atoms with Crippen molar-refractivity contribution in [3.8, 4) is 5.75 Å². The minimum atomic E-state index is -1.20. The number of methoxy groups -OCH3 is 2. The Morgan fingerprint density at radius 2 is 1.88 bits per heavy atom. The number of Topliss-reactive ketones (excluding diaryl/α,β-unsaturated/α-hetero) is 1. The molecule has 8 nitrogen and oxygen atoms in total. The molecule has 2 N–H and O–H groups in total. The number of rotatable bonds is 8. The number of carbonyl (C=O) groups is 2. The average Bonchev–Trinajstić information content (AvgIpc) is 2.77. The van der Waals surface area contributed by atoms with Gasteiger partial charge in [0.25, 0.3) is 5.91 Å². The van der Waals surface area contributed by atoms with Crippen LogP contribution in [0.4, 0.5) is 13.2 Å². The van der Waals surface area contributed by atoms with Gasteiger partial charge >= 0.3 is 0 Å². The van der Waals surface area contributed by atoms with Gasteiger partial charge < -0.3 is 24.5 Å². The number of nitrogens with zero attached hydrogens (tertiary/aromatic N) is 1. The van der Waals surface area contributed by atoms with E-state index in [1.807, 2.05) is 0 Å². The van der Waals surface area contributed by atoms with Gasteiger partial charge in [0.2, 0.25) is 5.43 Å². The van der Waals surface area contributed by atoms with Gasteiger partial charge in [-0.05, 0) is 19.8 Å². The molecular formula is C23H25F3N2O6. The van der Waals surface area contributed by atoms with Crippen LogP contribution in [0.2, 0.25) is 0 Å². The molecule has 0 aliphatic carbocycles. The quantitative estimate of drug-likeness (QED) is 0.560. The number of benzene rings is 1. The highest BCUT2D eigenvalue weighted by Gasteiger charge is 2.48. The van der Waals surface area contributed by atoms with Crippen LogP contribution in [0.15, 0.2) is 23.1 Å². The van der Waals surface area contributed by atoms with Crippen LogP contribution in [0.25, 0.3) is 0 Å². The van der Waals surface area contributed by atoms with Crippen LogP contribution in [0.1, 0.15) is 46.2 Å². The Kier molecular flexibility index (Phi) is 7.47. The molecule has 34 heavy (non-hydrogen) atoms. The molecule has 1 amide bonds. The molecule has 2 heterocycles. The number of fused-ring (bicyclic) bond motifs is 1. The number of amides is 1. The van der Waals surface area contributed by atoms with Crippen LogP contribution in [0.5, 0.6) is 5.75 Å². The van der Waals surface area contributed by atoms with E-state index in [1.54, 1.807) is 6.92 Å². The summed E-state index contributed by atoms with van der Waals surface area (Å²) in [5.41, 5.74) is -3.52. The van der Waals surface area contributed by atoms with Gasteiger partial charge in [0.1, 0.15) is 28.7 Å². The molecule has 3 rings (SSSR count). The first-order chi connectivity index (χ1) is 16.0. The molecule has 0 radical (unpaired) electrons. The maximum absolute atomic E-state index is 13.8. The Morgan fingerprint density at radius 3 is 2.47 bits per heavy atom. The normalized spacial score (nSPS) is 19.7. The molecule has 2 atom stereocenters. The van der Waals surface area contributed by atoms with E-state index in [-0.39, 0.29) is 12.2 Å². The van der Waals surface area contributed by atoms with Gasteiger partial charge in [0.15, 0.2) is 11.5 Å². The minimum Gasteiger partial charge on any atom is -0.503 e. The molecule has 0 saturated carbocycles. The van der Waals surface area contributed by atoms with Crippen LogP contribution in [0, 0.1) is 22.9 Å². The van der Waals surface area contributed by atoms with Gasteiger partial charge in [0, 0.05) is 51.3 Å². The largest absolute Gasteiger partial charge is 0.503 e. The monoisotopic (exact) mass is 482 g/mol. The second-order valence-corrected chi connectivity index (χ2v) is 8.32. The maximum Gasteiger partial charge on any atom is 0.257 e. The molecule has 1 aliphatic rings. The van der Waals surface area contributed by atoms with Crippen molar-refractivity contribution in [3.63, 3.8) is 0 Å². The van der Waals surface area contributed by atoms with Crippen molar-refractivity contribution in [2.75, 3.05) is 20.8 Å². The summed E-state index contributed by atoms with van der Waals surface area (Å²) in [5.74, 6) is -5.97. The first-order valence-corrected chi connectivity index (χ1v) is 10.5. The molecule has 1 aliphatic heterocycles. The van der Waals surface area contributed by atoms with Crippen molar-refractivity contribution >= 4 is 11.7 Å². The van der Waals surface area contributed by atoms with Crippen LogP contribution in [0.3, 0.4) is 0 Å². The van der Waals surface area contributed by atoms with Gasteiger partial charge in [-0.1, -0.05) is 0 Å². The Morgan fingerprint density at radius 1 is 1.24 bits per heavy atom. The van der Waals surface area contributed by atoms with E-state index in [0.717, 1.165) is 6.20 Å². The second-order valence-electron chi connectivity index (χ2n) is 8.32. The van der Waals surface area contributed by atoms with E-state index in [9.17, 15) is 32.7 Å². The Hall–Kier alpha value is -3.18. The number of ketones is 1. The summed E-state index contributed by atoms with van der Waals surface area (Å²) in [6.45, 7) is 1.48. The minimum absolute atomic E-state index is 0.0659. The van der Waals surface area contributed by atoms with Crippen LogP contribution in [-0.2, 0) is 22.6 Å². The van der Waals surface area contributed by atoms with Crippen LogP contribution in [-0.4, -0.2) is 48.3 Å². The van der Waals surface area contributed by atoms with Gasteiger partial charge in [0.05, 0.1) is 18.1 Å². The Bertz CT molecular complexity index is 1160. The molecule has 0 bridgehead atoms. The highest BCUT2D eigenvalue weighted by molar-refractivity contribution is 6.03. The topological polar surface area (TPSA) is 107 Å². The highest BCUT2D eigenvalue weighted by Crippen LogP contribution is 2.40. The number of aromatic nitrogens is 1. The number of ether oxygens (including phenoxy) is 2. The third kappa shape index (κ3) is 4.58. The predicted molar refractivity (Wildman–Crippen MR) is 114 cm³/mol. The van der Waals surface area contributed by atoms with Crippen molar-refractivity contribution in [2.24, 2.45) is 5.41 Å². The van der Waals surface area contributed by atoms with E-state index in [0.29, 0.717) is 31.6 Å². The van der Waals surface area contributed by atoms with Gasteiger partial charge in [-0.3, -0.25) is 14.4 Å². The Labute approximate surface area is 193 Å². The van der Waals surface area contributed by atoms with E-state index in [4.69, 9.17) is 9.47 Å². The third-order valence-corrected chi connectivity index (χ3v) is 6.17. The molecule has 0 saturated heterocycles. The first-order valence-electron chi connectivity index (χ1n) is 10.5.